The van der Waals surface area contributed by atoms with Crippen molar-refractivity contribution < 1.29 is 9.18 Å². The lowest BCUT2D eigenvalue weighted by molar-refractivity contribution is 0.207. The van der Waals surface area contributed by atoms with Gasteiger partial charge in [-0.25, -0.2) is 9.18 Å². The molecule has 0 aliphatic rings. The number of aromatic nitrogens is 1. The van der Waals surface area contributed by atoms with E-state index in [9.17, 15) is 9.18 Å². The molecule has 0 fully saturated rings. The van der Waals surface area contributed by atoms with Gasteiger partial charge >= 0.3 is 6.03 Å². The second-order valence-corrected chi connectivity index (χ2v) is 3.61. The van der Waals surface area contributed by atoms with Crippen molar-refractivity contribution >= 4 is 6.03 Å². The van der Waals surface area contributed by atoms with Gasteiger partial charge in [-0.3, -0.25) is 4.98 Å². The Labute approximate surface area is 106 Å². The summed E-state index contributed by atoms with van der Waals surface area (Å²) in [5.74, 6) is -0.398. The van der Waals surface area contributed by atoms with Crippen LogP contribution in [-0.4, -0.2) is 29.0 Å². The maximum absolute atomic E-state index is 12.6. The highest BCUT2D eigenvalue weighted by Crippen LogP contribution is 1.98. The Balaban J connectivity index is 2.50. The molecule has 0 aliphatic carbocycles. The van der Waals surface area contributed by atoms with E-state index >= 15 is 0 Å². The monoisotopic (exact) mass is 249 g/mol. The number of pyridine rings is 1. The van der Waals surface area contributed by atoms with Crippen LogP contribution in [0.4, 0.5) is 9.18 Å². The fourth-order valence-corrected chi connectivity index (χ4v) is 1.34. The number of carbonyl (C=O) groups is 1. The van der Waals surface area contributed by atoms with Gasteiger partial charge < -0.3 is 10.2 Å². The van der Waals surface area contributed by atoms with Crippen molar-refractivity contribution in [1.29, 1.82) is 0 Å². The van der Waals surface area contributed by atoms with E-state index < -0.39 is 5.82 Å². The number of nitrogens with one attached hydrogen (secondary N) is 1. The topological polar surface area (TPSA) is 45.2 Å². The zero-order valence-electron chi connectivity index (χ0n) is 10.1. The first kappa shape index (κ1) is 13.9. The number of hydrogen-bond donors (Lipinski definition) is 1. The largest absolute Gasteiger partial charge is 0.332 e. The molecule has 0 aliphatic heterocycles. The van der Waals surface area contributed by atoms with E-state index in [0.29, 0.717) is 18.8 Å². The van der Waals surface area contributed by atoms with Crippen LogP contribution in [0.15, 0.2) is 43.6 Å². The van der Waals surface area contributed by atoms with Crippen LogP contribution in [0.1, 0.15) is 5.69 Å². The van der Waals surface area contributed by atoms with Gasteiger partial charge in [-0.1, -0.05) is 12.2 Å². The van der Waals surface area contributed by atoms with Crippen molar-refractivity contribution in [3.8, 4) is 0 Å². The molecule has 96 valence electrons. The molecular weight excluding hydrogens is 233 g/mol. The van der Waals surface area contributed by atoms with Crippen molar-refractivity contribution in [1.82, 2.24) is 15.2 Å². The van der Waals surface area contributed by atoms with Gasteiger partial charge in [0, 0.05) is 13.1 Å². The summed E-state index contributed by atoms with van der Waals surface area (Å²) in [6, 6.07) is 2.60. The second kappa shape index (κ2) is 7.21. The number of halogens is 1. The highest BCUT2D eigenvalue weighted by molar-refractivity contribution is 5.74. The Kier molecular flexibility index (Phi) is 5.57. The third-order valence-electron chi connectivity index (χ3n) is 2.20. The third kappa shape index (κ3) is 4.37. The number of urea groups is 1. The van der Waals surface area contributed by atoms with E-state index in [2.05, 4.69) is 23.5 Å². The Morgan fingerprint density at radius 3 is 2.56 bits per heavy atom. The average Bonchev–Trinajstić information content (AvgIpc) is 2.37. The molecule has 1 N–H and O–H groups in total. The molecule has 1 aromatic rings. The van der Waals surface area contributed by atoms with Crippen LogP contribution in [0.5, 0.6) is 0 Å². The van der Waals surface area contributed by atoms with Crippen LogP contribution in [0.3, 0.4) is 0 Å². The van der Waals surface area contributed by atoms with Crippen LogP contribution in [-0.2, 0) is 6.54 Å². The summed E-state index contributed by atoms with van der Waals surface area (Å²) < 4.78 is 12.6. The summed E-state index contributed by atoms with van der Waals surface area (Å²) in [4.78, 5) is 17.2. The number of rotatable bonds is 6. The van der Waals surface area contributed by atoms with E-state index in [0.717, 1.165) is 6.20 Å². The molecule has 1 rings (SSSR count). The Morgan fingerprint density at radius 2 is 2.06 bits per heavy atom. The summed E-state index contributed by atoms with van der Waals surface area (Å²) in [6.45, 7) is 8.30. The van der Waals surface area contributed by atoms with Crippen molar-refractivity contribution in [2.75, 3.05) is 13.1 Å². The van der Waals surface area contributed by atoms with Crippen LogP contribution in [0.25, 0.3) is 0 Å². The summed E-state index contributed by atoms with van der Waals surface area (Å²) >= 11 is 0. The van der Waals surface area contributed by atoms with Crippen molar-refractivity contribution in [2.45, 2.75) is 6.54 Å². The fraction of sp³-hybridized carbons (Fsp3) is 0.231. The average molecular weight is 249 g/mol. The molecule has 1 aromatic heterocycles. The Morgan fingerprint density at radius 1 is 1.39 bits per heavy atom. The molecule has 0 saturated heterocycles. The highest BCUT2D eigenvalue weighted by atomic mass is 19.1. The van der Waals surface area contributed by atoms with Gasteiger partial charge in [0.25, 0.3) is 0 Å². The van der Waals surface area contributed by atoms with Crippen LogP contribution < -0.4 is 5.32 Å². The number of hydrogen-bond acceptors (Lipinski definition) is 2. The van der Waals surface area contributed by atoms with Gasteiger partial charge in [-0.2, -0.15) is 0 Å². The molecule has 0 saturated carbocycles. The van der Waals surface area contributed by atoms with Crippen LogP contribution in [0.2, 0.25) is 0 Å². The molecule has 18 heavy (non-hydrogen) atoms. The minimum absolute atomic E-state index is 0.235. The Hall–Kier alpha value is -2.17. The first-order valence-corrected chi connectivity index (χ1v) is 5.52. The van der Waals surface area contributed by atoms with Crippen LogP contribution >= 0.6 is 0 Å². The summed E-state index contributed by atoms with van der Waals surface area (Å²) in [7, 11) is 0. The van der Waals surface area contributed by atoms with Gasteiger partial charge in [0.2, 0.25) is 0 Å². The lowest BCUT2D eigenvalue weighted by Crippen LogP contribution is -2.39. The van der Waals surface area contributed by atoms with Crippen molar-refractivity contribution in [3.63, 3.8) is 0 Å². The molecular formula is C13H16FN3O. The number of carbonyl (C=O) groups excluding carboxylic acids is 1. The summed E-state index contributed by atoms with van der Waals surface area (Å²) in [5.41, 5.74) is 0.599. The van der Waals surface area contributed by atoms with Gasteiger partial charge in [-0.05, 0) is 12.1 Å². The number of nitrogens with zero attached hydrogens (tertiary/aromatic N) is 2. The zero-order chi connectivity index (χ0) is 13.4. The quantitative estimate of drug-likeness (QED) is 0.785. The van der Waals surface area contributed by atoms with Gasteiger partial charge in [0.05, 0.1) is 18.4 Å². The third-order valence-corrected chi connectivity index (χ3v) is 2.20. The van der Waals surface area contributed by atoms with Crippen molar-refractivity contribution in [2.24, 2.45) is 0 Å². The first-order chi connectivity index (χ1) is 8.67. The van der Waals surface area contributed by atoms with E-state index in [1.807, 2.05) is 0 Å². The molecule has 0 bridgehead atoms. The predicted molar refractivity (Wildman–Crippen MR) is 68.4 cm³/mol. The second-order valence-electron chi connectivity index (χ2n) is 3.61. The van der Waals surface area contributed by atoms with Crippen molar-refractivity contribution in [3.05, 3.63) is 55.2 Å². The smallest absolute Gasteiger partial charge is 0.318 e. The molecule has 0 atom stereocenters. The predicted octanol–water partition coefficient (Wildman–Crippen LogP) is 2.10. The highest BCUT2D eigenvalue weighted by Gasteiger charge is 2.09. The maximum atomic E-state index is 12.6. The lowest BCUT2D eigenvalue weighted by Gasteiger charge is -2.19. The molecule has 0 radical (unpaired) electrons. The molecule has 0 spiro atoms. The lowest BCUT2D eigenvalue weighted by atomic mass is 10.3. The van der Waals surface area contributed by atoms with Gasteiger partial charge in [-0.15, -0.1) is 13.2 Å². The number of amides is 2. The minimum atomic E-state index is -0.398. The SMILES string of the molecule is C=CCN(CC=C)C(=O)NCc1ccc(F)cn1. The zero-order valence-corrected chi connectivity index (χ0v) is 10.1. The molecule has 0 unspecified atom stereocenters. The molecule has 4 nitrogen and oxygen atoms in total. The summed E-state index contributed by atoms with van der Waals surface area (Å²) in [6.07, 6.45) is 4.39. The van der Waals surface area contributed by atoms with E-state index in [-0.39, 0.29) is 12.6 Å². The summed E-state index contributed by atoms with van der Waals surface area (Å²) in [5, 5.41) is 2.69. The normalized spacial score (nSPS) is 9.61. The molecule has 2 amide bonds. The fourth-order valence-electron chi connectivity index (χ4n) is 1.34. The molecule has 0 aromatic carbocycles. The Bertz CT molecular complexity index is 407. The minimum Gasteiger partial charge on any atom is -0.332 e. The standard InChI is InChI=1S/C13H16FN3O/c1-3-7-17(8-4-2)13(18)16-10-12-6-5-11(14)9-15-12/h3-6,9H,1-2,7-8,10H2,(H,16,18). The van der Waals surface area contributed by atoms with E-state index in [4.69, 9.17) is 0 Å². The maximum Gasteiger partial charge on any atom is 0.318 e. The van der Waals surface area contributed by atoms with Gasteiger partial charge in [0.15, 0.2) is 0 Å². The van der Waals surface area contributed by atoms with Crippen LogP contribution in [0, 0.1) is 5.82 Å². The van der Waals surface area contributed by atoms with E-state index in [1.165, 1.54) is 12.1 Å². The van der Waals surface area contributed by atoms with E-state index in [1.54, 1.807) is 17.1 Å². The molecule has 5 heteroatoms. The first-order valence-electron chi connectivity index (χ1n) is 5.52. The molecule has 1 heterocycles. The van der Waals surface area contributed by atoms with Gasteiger partial charge in [0.1, 0.15) is 5.82 Å².